The lowest BCUT2D eigenvalue weighted by molar-refractivity contribution is 0.146. The van der Waals surface area contributed by atoms with E-state index in [0.717, 1.165) is 0 Å². The van der Waals surface area contributed by atoms with Crippen LogP contribution in [0, 0.1) is 0 Å². The summed E-state index contributed by atoms with van der Waals surface area (Å²) in [5, 5.41) is 0.0288. The van der Waals surface area contributed by atoms with E-state index in [1.165, 1.54) is 19.2 Å². The minimum atomic E-state index is -2.64. The maximum atomic E-state index is 12.4. The van der Waals surface area contributed by atoms with Gasteiger partial charge in [0.15, 0.2) is 0 Å². The van der Waals surface area contributed by atoms with E-state index in [0.29, 0.717) is 17.0 Å². The molecule has 0 unspecified atom stereocenters. The molecule has 0 saturated heterocycles. The van der Waals surface area contributed by atoms with E-state index in [1.807, 2.05) is 0 Å². The number of hydrogen-bond donors (Lipinski definition) is 0. The van der Waals surface area contributed by atoms with Crippen molar-refractivity contribution in [1.82, 2.24) is 9.97 Å². The molecule has 0 atom stereocenters. The molecule has 0 aliphatic carbocycles. The minimum absolute atomic E-state index is 0.0288. The highest BCUT2D eigenvalue weighted by molar-refractivity contribution is 6.32. The van der Waals surface area contributed by atoms with Crippen molar-refractivity contribution in [2.45, 2.75) is 6.43 Å². The first-order valence-electron chi connectivity index (χ1n) is 5.07. The summed E-state index contributed by atoms with van der Waals surface area (Å²) >= 11 is 5.90. The van der Waals surface area contributed by atoms with Crippen LogP contribution in [0.5, 0.6) is 5.88 Å². The van der Waals surface area contributed by atoms with Gasteiger partial charge in [-0.25, -0.2) is 18.7 Å². The van der Waals surface area contributed by atoms with Crippen LogP contribution >= 0.6 is 11.6 Å². The predicted molar refractivity (Wildman–Crippen MR) is 64.0 cm³/mol. The molecule has 0 aliphatic heterocycles. The molecule has 0 amide bonds. The van der Waals surface area contributed by atoms with E-state index in [1.54, 1.807) is 18.3 Å². The number of rotatable bonds is 3. The zero-order valence-corrected chi connectivity index (χ0v) is 10.2. The fourth-order valence-corrected chi connectivity index (χ4v) is 1.74. The van der Waals surface area contributed by atoms with Crippen LogP contribution in [-0.4, -0.2) is 17.1 Å². The van der Waals surface area contributed by atoms with Gasteiger partial charge >= 0.3 is 0 Å². The summed E-state index contributed by atoms with van der Waals surface area (Å²) in [5.41, 5.74) is 0.923. The van der Waals surface area contributed by atoms with E-state index in [9.17, 15) is 8.78 Å². The SMILES string of the molecule is COc1cc(-c2ccc(C(F)F)nc2Cl)ccn1. The monoisotopic (exact) mass is 270 g/mol. The molecule has 0 N–H and O–H groups in total. The van der Waals surface area contributed by atoms with Crippen molar-refractivity contribution in [3.8, 4) is 17.0 Å². The Balaban J connectivity index is 2.44. The number of halogens is 3. The normalized spacial score (nSPS) is 10.7. The molecule has 2 rings (SSSR count). The van der Waals surface area contributed by atoms with Crippen LogP contribution in [0.3, 0.4) is 0 Å². The van der Waals surface area contributed by atoms with Crippen LogP contribution in [-0.2, 0) is 0 Å². The Morgan fingerprint density at radius 3 is 2.67 bits per heavy atom. The molecule has 3 nitrogen and oxygen atoms in total. The number of methoxy groups -OCH3 is 1. The fourth-order valence-electron chi connectivity index (χ4n) is 1.47. The summed E-state index contributed by atoms with van der Waals surface area (Å²) in [5.74, 6) is 0.418. The Hall–Kier alpha value is -1.75. The van der Waals surface area contributed by atoms with Gasteiger partial charge in [-0.05, 0) is 23.8 Å². The maximum Gasteiger partial charge on any atom is 0.280 e. The molecule has 0 bridgehead atoms. The number of hydrogen-bond acceptors (Lipinski definition) is 3. The Kier molecular flexibility index (Phi) is 3.72. The highest BCUT2D eigenvalue weighted by atomic mass is 35.5. The van der Waals surface area contributed by atoms with Crippen molar-refractivity contribution in [2.75, 3.05) is 7.11 Å². The van der Waals surface area contributed by atoms with Gasteiger partial charge in [0.1, 0.15) is 10.8 Å². The average molecular weight is 271 g/mol. The summed E-state index contributed by atoms with van der Waals surface area (Å²) in [4.78, 5) is 7.61. The predicted octanol–water partition coefficient (Wildman–Crippen LogP) is 3.74. The van der Waals surface area contributed by atoms with Gasteiger partial charge in [0.2, 0.25) is 5.88 Å². The molecule has 94 valence electrons. The highest BCUT2D eigenvalue weighted by Gasteiger charge is 2.13. The summed E-state index contributed by atoms with van der Waals surface area (Å²) in [6.45, 7) is 0. The second kappa shape index (κ2) is 5.27. The molecule has 2 heterocycles. The third-order valence-corrected chi connectivity index (χ3v) is 2.64. The smallest absolute Gasteiger partial charge is 0.280 e. The van der Waals surface area contributed by atoms with E-state index < -0.39 is 6.43 Å². The topological polar surface area (TPSA) is 35.0 Å². The Bertz CT molecular complexity index is 564. The first-order chi connectivity index (χ1) is 8.61. The third kappa shape index (κ3) is 2.56. The van der Waals surface area contributed by atoms with Gasteiger partial charge in [-0.15, -0.1) is 0 Å². The first kappa shape index (κ1) is 12.7. The van der Waals surface area contributed by atoms with Crippen molar-refractivity contribution in [2.24, 2.45) is 0 Å². The van der Waals surface area contributed by atoms with Crippen molar-refractivity contribution in [3.05, 3.63) is 41.3 Å². The van der Waals surface area contributed by atoms with Crippen LogP contribution in [0.4, 0.5) is 8.78 Å². The third-order valence-electron chi connectivity index (χ3n) is 2.35. The number of aromatic nitrogens is 2. The second-order valence-corrected chi connectivity index (χ2v) is 3.82. The largest absolute Gasteiger partial charge is 0.481 e. The molecule has 18 heavy (non-hydrogen) atoms. The molecule has 0 fully saturated rings. The Morgan fingerprint density at radius 2 is 2.06 bits per heavy atom. The minimum Gasteiger partial charge on any atom is -0.481 e. The molecule has 0 aliphatic rings. The van der Waals surface area contributed by atoms with Gasteiger partial charge < -0.3 is 4.74 Å². The van der Waals surface area contributed by atoms with Crippen molar-refractivity contribution < 1.29 is 13.5 Å². The molecule has 2 aromatic rings. The quantitative estimate of drug-likeness (QED) is 0.797. The summed E-state index contributed by atoms with van der Waals surface area (Å²) in [6, 6.07) is 6.11. The zero-order chi connectivity index (χ0) is 13.1. The van der Waals surface area contributed by atoms with Gasteiger partial charge in [-0.1, -0.05) is 11.6 Å². The Morgan fingerprint density at radius 1 is 1.28 bits per heavy atom. The van der Waals surface area contributed by atoms with Crippen LogP contribution in [0.25, 0.3) is 11.1 Å². The lowest BCUT2D eigenvalue weighted by Crippen LogP contribution is -1.93. The summed E-state index contributed by atoms with van der Waals surface area (Å²) in [6.07, 6.45) is -1.09. The van der Waals surface area contributed by atoms with Crippen molar-refractivity contribution in [3.63, 3.8) is 0 Å². The zero-order valence-electron chi connectivity index (χ0n) is 9.40. The van der Waals surface area contributed by atoms with Gasteiger partial charge in [-0.2, -0.15) is 0 Å². The van der Waals surface area contributed by atoms with Crippen LogP contribution < -0.4 is 4.74 Å². The van der Waals surface area contributed by atoms with E-state index in [4.69, 9.17) is 16.3 Å². The number of ether oxygens (including phenoxy) is 1. The Labute approximate surface area is 107 Å². The average Bonchev–Trinajstić information content (AvgIpc) is 2.38. The number of alkyl halides is 2. The van der Waals surface area contributed by atoms with Gasteiger partial charge in [0.05, 0.1) is 7.11 Å². The lowest BCUT2D eigenvalue weighted by Gasteiger charge is -2.07. The highest BCUT2D eigenvalue weighted by Crippen LogP contribution is 2.30. The molecule has 6 heteroatoms. The first-order valence-corrected chi connectivity index (χ1v) is 5.44. The molecule has 0 saturated carbocycles. The molecule has 0 aromatic carbocycles. The van der Waals surface area contributed by atoms with E-state index >= 15 is 0 Å². The van der Waals surface area contributed by atoms with E-state index in [-0.39, 0.29) is 10.8 Å². The fraction of sp³-hybridized carbons (Fsp3) is 0.167. The lowest BCUT2D eigenvalue weighted by atomic mass is 10.1. The molecule has 0 radical (unpaired) electrons. The van der Waals surface area contributed by atoms with Crippen molar-refractivity contribution in [1.29, 1.82) is 0 Å². The molecule has 0 spiro atoms. The molecular formula is C12H9ClF2N2O. The van der Waals surface area contributed by atoms with Gasteiger partial charge in [0, 0.05) is 17.8 Å². The maximum absolute atomic E-state index is 12.4. The molecule has 2 aromatic heterocycles. The van der Waals surface area contributed by atoms with Crippen LogP contribution in [0.15, 0.2) is 30.5 Å². The van der Waals surface area contributed by atoms with Crippen LogP contribution in [0.2, 0.25) is 5.15 Å². The standard InChI is InChI=1S/C12H9ClF2N2O/c1-18-10-6-7(4-5-16-10)8-2-3-9(12(14)15)17-11(8)13/h2-6,12H,1H3. The summed E-state index contributed by atoms with van der Waals surface area (Å²) < 4.78 is 29.9. The second-order valence-electron chi connectivity index (χ2n) is 3.46. The van der Waals surface area contributed by atoms with Gasteiger partial charge in [-0.3, -0.25) is 0 Å². The van der Waals surface area contributed by atoms with Crippen molar-refractivity contribution >= 4 is 11.6 Å². The number of nitrogens with zero attached hydrogens (tertiary/aromatic N) is 2. The number of pyridine rings is 2. The summed E-state index contributed by atoms with van der Waals surface area (Å²) in [7, 11) is 1.49. The van der Waals surface area contributed by atoms with E-state index in [2.05, 4.69) is 9.97 Å². The van der Waals surface area contributed by atoms with Crippen LogP contribution in [0.1, 0.15) is 12.1 Å². The molecular weight excluding hydrogens is 262 g/mol. The van der Waals surface area contributed by atoms with Gasteiger partial charge in [0.25, 0.3) is 6.43 Å².